The highest BCUT2D eigenvalue weighted by Crippen LogP contribution is 2.22. The van der Waals surface area contributed by atoms with Crippen molar-refractivity contribution in [1.82, 2.24) is 10.2 Å². The van der Waals surface area contributed by atoms with Gasteiger partial charge in [-0.2, -0.15) is 0 Å². The van der Waals surface area contributed by atoms with E-state index in [0.29, 0.717) is 24.2 Å². The first-order valence-electron chi connectivity index (χ1n) is 8.55. The number of carbonyl (C=O) groups is 2. The van der Waals surface area contributed by atoms with E-state index >= 15 is 0 Å². The van der Waals surface area contributed by atoms with Crippen molar-refractivity contribution in [2.75, 3.05) is 26.5 Å². The lowest BCUT2D eigenvalue weighted by Gasteiger charge is -2.13. The third-order valence-corrected chi connectivity index (χ3v) is 4.67. The van der Waals surface area contributed by atoms with Gasteiger partial charge in [-0.05, 0) is 54.5 Å². The van der Waals surface area contributed by atoms with Gasteiger partial charge in [0.25, 0.3) is 5.91 Å². The van der Waals surface area contributed by atoms with Crippen LogP contribution in [0.4, 0.5) is 5.69 Å². The molecule has 0 spiro atoms. The van der Waals surface area contributed by atoms with Gasteiger partial charge in [-0.15, -0.1) is 0 Å². The summed E-state index contributed by atoms with van der Waals surface area (Å²) in [6.45, 7) is 0. The van der Waals surface area contributed by atoms with Crippen LogP contribution in [0.3, 0.4) is 0 Å². The van der Waals surface area contributed by atoms with Gasteiger partial charge in [0.2, 0.25) is 5.91 Å². The van der Waals surface area contributed by atoms with Crippen LogP contribution in [0.5, 0.6) is 5.75 Å². The van der Waals surface area contributed by atoms with Crippen LogP contribution in [0, 0.1) is 0 Å². The number of nitrogens with one attached hydrogen (secondary N) is 2. The number of aryl methyl sites for hydroxylation is 1. The van der Waals surface area contributed by atoms with Crippen molar-refractivity contribution in [3.05, 3.63) is 58.1 Å². The number of hydrogen-bond donors (Lipinski definition) is 2. The molecule has 0 fully saturated rings. The molecule has 2 aromatic rings. The summed E-state index contributed by atoms with van der Waals surface area (Å²) in [4.78, 5) is 25.7. The number of nitrogens with zero attached hydrogens (tertiary/aromatic N) is 1. The van der Waals surface area contributed by atoms with Gasteiger partial charge in [-0.1, -0.05) is 28.1 Å². The minimum Gasteiger partial charge on any atom is -0.496 e. The average Bonchev–Trinajstić information content (AvgIpc) is 2.66. The summed E-state index contributed by atoms with van der Waals surface area (Å²) in [6.07, 6.45) is 1.13. The Balaban J connectivity index is 1.93. The average molecular weight is 464 g/mol. The monoisotopic (exact) mass is 463 g/mol. The first-order valence-corrected chi connectivity index (χ1v) is 9.75. The highest BCUT2D eigenvalue weighted by atomic mass is 79.9. The summed E-state index contributed by atoms with van der Waals surface area (Å²) in [5.41, 5.74) is 2.17. The van der Waals surface area contributed by atoms with E-state index in [1.54, 1.807) is 37.2 Å². The largest absolute Gasteiger partial charge is 0.496 e. The molecule has 2 rings (SSSR count). The van der Waals surface area contributed by atoms with Crippen molar-refractivity contribution in [3.63, 3.8) is 0 Å². The zero-order valence-electron chi connectivity index (χ0n) is 15.9. The predicted molar refractivity (Wildman–Crippen MR) is 118 cm³/mol. The van der Waals surface area contributed by atoms with E-state index in [-0.39, 0.29) is 16.9 Å². The maximum atomic E-state index is 12.5. The van der Waals surface area contributed by atoms with Crippen molar-refractivity contribution >= 4 is 50.8 Å². The second-order valence-corrected chi connectivity index (χ2v) is 7.56. The molecule has 2 aromatic carbocycles. The zero-order chi connectivity index (χ0) is 20.7. The Hall–Kier alpha value is -2.45. The molecule has 0 aromatic heterocycles. The molecule has 8 heteroatoms. The van der Waals surface area contributed by atoms with Gasteiger partial charge in [0.15, 0.2) is 5.11 Å². The number of halogens is 1. The minimum atomic E-state index is -0.366. The molecule has 2 amide bonds. The van der Waals surface area contributed by atoms with E-state index in [0.717, 1.165) is 15.7 Å². The number of methoxy groups -OCH3 is 1. The molecule has 0 aliphatic rings. The van der Waals surface area contributed by atoms with E-state index in [1.165, 1.54) is 7.11 Å². The summed E-state index contributed by atoms with van der Waals surface area (Å²) in [5, 5.41) is 5.80. The Morgan fingerprint density at radius 1 is 1.14 bits per heavy atom. The number of anilines is 1. The molecule has 148 valence electrons. The molecule has 6 nitrogen and oxygen atoms in total. The lowest BCUT2D eigenvalue weighted by atomic mass is 10.1. The lowest BCUT2D eigenvalue weighted by molar-refractivity contribution is -0.128. The molecule has 2 N–H and O–H groups in total. The van der Waals surface area contributed by atoms with Crippen molar-refractivity contribution in [2.45, 2.75) is 12.8 Å². The number of thiocarbonyl (C=S) groups is 1. The van der Waals surface area contributed by atoms with Crippen LogP contribution in [0.2, 0.25) is 0 Å². The van der Waals surface area contributed by atoms with Crippen LogP contribution < -0.4 is 15.4 Å². The number of hydrogen-bond acceptors (Lipinski definition) is 4. The number of benzene rings is 2. The number of rotatable bonds is 6. The summed E-state index contributed by atoms with van der Waals surface area (Å²) in [6, 6.07) is 12.7. The molecule has 0 unspecified atom stereocenters. The maximum absolute atomic E-state index is 12.5. The molecule has 0 saturated heterocycles. The molecule has 0 aliphatic carbocycles. The van der Waals surface area contributed by atoms with E-state index < -0.39 is 0 Å². The van der Waals surface area contributed by atoms with Crippen molar-refractivity contribution in [1.29, 1.82) is 0 Å². The van der Waals surface area contributed by atoms with E-state index in [9.17, 15) is 9.59 Å². The third-order valence-electron chi connectivity index (χ3n) is 3.97. The predicted octanol–water partition coefficient (Wildman–Crippen LogP) is 3.61. The Labute approximate surface area is 178 Å². The Kier molecular flexibility index (Phi) is 7.95. The normalized spacial score (nSPS) is 10.1. The molecule has 0 bridgehead atoms. The summed E-state index contributed by atoms with van der Waals surface area (Å²) < 4.78 is 5.98. The fourth-order valence-electron chi connectivity index (χ4n) is 2.42. The second-order valence-electron chi connectivity index (χ2n) is 6.24. The zero-order valence-corrected chi connectivity index (χ0v) is 18.3. The quantitative estimate of drug-likeness (QED) is 0.640. The SMILES string of the molecule is COc1ccc(Br)cc1C(=O)NC(=S)Nc1ccc(CCC(=O)N(C)C)cc1. The molecule has 0 atom stereocenters. The first-order chi connectivity index (χ1) is 13.3. The van der Waals surface area contributed by atoms with Gasteiger partial charge in [-0.3, -0.25) is 14.9 Å². The van der Waals surface area contributed by atoms with Gasteiger partial charge in [0.05, 0.1) is 12.7 Å². The highest BCUT2D eigenvalue weighted by molar-refractivity contribution is 9.10. The van der Waals surface area contributed by atoms with Gasteiger partial charge >= 0.3 is 0 Å². The van der Waals surface area contributed by atoms with E-state index in [4.69, 9.17) is 17.0 Å². The maximum Gasteiger partial charge on any atom is 0.261 e. The van der Waals surface area contributed by atoms with Gasteiger partial charge in [-0.25, -0.2) is 0 Å². The lowest BCUT2D eigenvalue weighted by Crippen LogP contribution is -2.34. The molecule has 0 aliphatic heterocycles. The van der Waals surface area contributed by atoms with Gasteiger partial charge < -0.3 is 15.0 Å². The topological polar surface area (TPSA) is 70.7 Å². The standard InChI is InChI=1S/C20H22BrN3O3S/c1-24(2)18(25)11-6-13-4-8-15(9-5-13)22-20(28)23-19(26)16-12-14(21)7-10-17(16)27-3/h4-5,7-10,12H,6,11H2,1-3H3,(H2,22,23,26,28). The van der Waals surface area contributed by atoms with Crippen molar-refractivity contribution in [3.8, 4) is 5.75 Å². The minimum absolute atomic E-state index is 0.0917. The highest BCUT2D eigenvalue weighted by Gasteiger charge is 2.14. The molecule has 0 saturated carbocycles. The van der Waals surface area contributed by atoms with Crippen molar-refractivity contribution < 1.29 is 14.3 Å². The fraction of sp³-hybridized carbons (Fsp3) is 0.250. The summed E-state index contributed by atoms with van der Waals surface area (Å²) >= 11 is 8.57. The molecule has 28 heavy (non-hydrogen) atoms. The fourth-order valence-corrected chi connectivity index (χ4v) is 2.99. The van der Waals surface area contributed by atoms with Crippen LogP contribution in [0.1, 0.15) is 22.3 Å². The summed E-state index contributed by atoms with van der Waals surface area (Å²) in [5.74, 6) is 0.184. The van der Waals surface area contributed by atoms with Crippen molar-refractivity contribution in [2.24, 2.45) is 0 Å². The Morgan fingerprint density at radius 2 is 1.82 bits per heavy atom. The number of ether oxygens (including phenoxy) is 1. The van der Waals surface area contributed by atoms with Crippen LogP contribution >= 0.6 is 28.1 Å². The molecule has 0 heterocycles. The summed E-state index contributed by atoms with van der Waals surface area (Å²) in [7, 11) is 4.99. The smallest absolute Gasteiger partial charge is 0.261 e. The van der Waals surface area contributed by atoms with Gasteiger partial charge in [0.1, 0.15) is 5.75 Å². The van der Waals surface area contributed by atoms with E-state index in [2.05, 4.69) is 26.6 Å². The van der Waals surface area contributed by atoms with Gasteiger partial charge in [0, 0.05) is 30.7 Å². The first kappa shape index (κ1) is 21.8. The van der Waals surface area contributed by atoms with Crippen LogP contribution in [0.15, 0.2) is 46.9 Å². The molecular weight excluding hydrogens is 442 g/mol. The Morgan fingerprint density at radius 3 is 2.43 bits per heavy atom. The van der Waals surface area contributed by atoms with E-state index in [1.807, 2.05) is 24.3 Å². The third kappa shape index (κ3) is 6.31. The number of amides is 2. The number of carbonyl (C=O) groups excluding carboxylic acids is 2. The van der Waals surface area contributed by atoms with Crippen LogP contribution in [0.25, 0.3) is 0 Å². The second kappa shape index (κ2) is 10.2. The molecule has 0 radical (unpaired) electrons. The van der Waals surface area contributed by atoms with Crippen LogP contribution in [-0.2, 0) is 11.2 Å². The Bertz CT molecular complexity index is 869. The molecular formula is C20H22BrN3O3S. The van der Waals surface area contributed by atoms with Crippen LogP contribution in [-0.4, -0.2) is 43.0 Å².